The van der Waals surface area contributed by atoms with Crippen molar-refractivity contribution in [3.8, 4) is 17.3 Å². The van der Waals surface area contributed by atoms with Gasteiger partial charge in [-0.15, -0.1) is 0 Å². The lowest BCUT2D eigenvalue weighted by Gasteiger charge is -2.30. The van der Waals surface area contributed by atoms with Crippen LogP contribution in [0, 0.1) is 13.8 Å². The summed E-state index contributed by atoms with van der Waals surface area (Å²) in [7, 11) is 0. The monoisotopic (exact) mass is 451 g/mol. The lowest BCUT2D eigenvalue weighted by molar-refractivity contribution is 0.0111. The number of ether oxygens (including phenoxy) is 2. The normalized spacial score (nSPS) is 13.3. The number of hydrogen-bond acceptors (Lipinski definition) is 5. The number of aliphatic hydroxyl groups is 1. The van der Waals surface area contributed by atoms with Gasteiger partial charge in [-0.2, -0.15) is 5.10 Å². The van der Waals surface area contributed by atoms with Gasteiger partial charge in [0.1, 0.15) is 5.75 Å². The second-order valence-electron chi connectivity index (χ2n) is 8.54. The summed E-state index contributed by atoms with van der Waals surface area (Å²) in [4.78, 5) is 2.28. The van der Waals surface area contributed by atoms with Crippen LogP contribution in [-0.4, -0.2) is 51.7 Å². The predicted octanol–water partition coefficient (Wildman–Crippen LogP) is 5.28. The van der Waals surface area contributed by atoms with E-state index in [1.165, 1.54) is 0 Å². The maximum atomic E-state index is 10.5. The zero-order valence-electron chi connectivity index (χ0n) is 20.5. The minimum atomic E-state index is -0.551. The summed E-state index contributed by atoms with van der Waals surface area (Å²) in [5, 5.41) is 15.4. The number of para-hydroxylation sites is 1. The fourth-order valence-corrected chi connectivity index (χ4v) is 3.80. The molecule has 0 fully saturated rings. The average Bonchev–Trinajstić information content (AvgIpc) is 3.12. The molecular formula is C27H37N3O3. The van der Waals surface area contributed by atoms with Crippen molar-refractivity contribution in [2.75, 3.05) is 19.8 Å². The van der Waals surface area contributed by atoms with E-state index in [4.69, 9.17) is 14.6 Å². The number of aryl methyl sites for hydroxylation is 2. The van der Waals surface area contributed by atoms with Crippen LogP contribution in [0.15, 0.2) is 54.6 Å². The molecule has 0 aliphatic rings. The molecule has 0 saturated carbocycles. The van der Waals surface area contributed by atoms with E-state index in [-0.39, 0.29) is 6.04 Å². The van der Waals surface area contributed by atoms with Gasteiger partial charge in [-0.1, -0.05) is 37.3 Å². The highest BCUT2D eigenvalue weighted by molar-refractivity contribution is 5.43. The number of benzene rings is 2. The third-order valence-corrected chi connectivity index (χ3v) is 5.88. The van der Waals surface area contributed by atoms with E-state index in [0.29, 0.717) is 32.2 Å². The van der Waals surface area contributed by atoms with Crippen LogP contribution < -0.4 is 4.74 Å². The molecule has 0 aliphatic carbocycles. The molecule has 0 bridgehead atoms. The van der Waals surface area contributed by atoms with Crippen molar-refractivity contribution < 1.29 is 14.6 Å². The standard InChI is InChI=1S/C27H37N3O3/c1-6-21(4)29(17-24(31)19-32-7-2)18-26-22(5)28-30(23-13-9-8-10-14-23)27(26)33-25-15-11-12-20(3)16-25/h8-16,21,24,31H,6-7,17-19H2,1-5H3. The summed E-state index contributed by atoms with van der Waals surface area (Å²) >= 11 is 0. The van der Waals surface area contributed by atoms with Gasteiger partial charge in [-0.3, -0.25) is 4.90 Å². The zero-order valence-corrected chi connectivity index (χ0v) is 20.5. The molecule has 0 spiro atoms. The Morgan fingerprint density at radius 2 is 1.82 bits per heavy atom. The van der Waals surface area contributed by atoms with E-state index < -0.39 is 6.10 Å². The van der Waals surface area contributed by atoms with Crippen LogP contribution in [0.2, 0.25) is 0 Å². The Kier molecular flexibility index (Phi) is 9.06. The minimum Gasteiger partial charge on any atom is -0.439 e. The molecule has 0 aliphatic heterocycles. The van der Waals surface area contributed by atoms with E-state index in [9.17, 15) is 5.11 Å². The third-order valence-electron chi connectivity index (χ3n) is 5.88. The van der Waals surface area contributed by atoms with Crippen molar-refractivity contribution in [3.05, 3.63) is 71.4 Å². The van der Waals surface area contributed by atoms with E-state index >= 15 is 0 Å². The second-order valence-corrected chi connectivity index (χ2v) is 8.54. The number of aliphatic hydroxyl groups excluding tert-OH is 1. The molecule has 178 valence electrons. The van der Waals surface area contributed by atoms with Crippen LogP contribution in [0.3, 0.4) is 0 Å². The van der Waals surface area contributed by atoms with Gasteiger partial charge < -0.3 is 14.6 Å². The Morgan fingerprint density at radius 3 is 2.48 bits per heavy atom. The first-order valence-electron chi connectivity index (χ1n) is 11.8. The molecule has 6 nitrogen and oxygen atoms in total. The maximum Gasteiger partial charge on any atom is 0.227 e. The van der Waals surface area contributed by atoms with Gasteiger partial charge in [0.2, 0.25) is 5.88 Å². The zero-order chi connectivity index (χ0) is 23.8. The molecule has 1 aromatic heterocycles. The number of aromatic nitrogens is 2. The molecule has 0 saturated heterocycles. The smallest absolute Gasteiger partial charge is 0.227 e. The molecule has 3 aromatic rings. The predicted molar refractivity (Wildman–Crippen MR) is 132 cm³/mol. The highest BCUT2D eigenvalue weighted by Gasteiger charge is 2.24. The Labute approximate surface area is 197 Å². The summed E-state index contributed by atoms with van der Waals surface area (Å²) in [6.07, 6.45) is 0.422. The Bertz CT molecular complexity index is 1000. The average molecular weight is 452 g/mol. The van der Waals surface area contributed by atoms with Crippen LogP contribution in [0.1, 0.15) is 44.0 Å². The van der Waals surface area contributed by atoms with Crippen LogP contribution in [-0.2, 0) is 11.3 Å². The van der Waals surface area contributed by atoms with E-state index in [1.807, 2.05) is 67.1 Å². The summed E-state index contributed by atoms with van der Waals surface area (Å²) in [5.41, 5.74) is 4.01. The summed E-state index contributed by atoms with van der Waals surface area (Å²) in [6.45, 7) is 12.4. The second kappa shape index (κ2) is 12.0. The molecule has 2 unspecified atom stereocenters. The molecule has 3 rings (SSSR count). The number of nitrogens with zero attached hydrogens (tertiary/aromatic N) is 3. The largest absolute Gasteiger partial charge is 0.439 e. The topological polar surface area (TPSA) is 59.8 Å². The molecule has 6 heteroatoms. The third kappa shape index (κ3) is 6.67. The lowest BCUT2D eigenvalue weighted by atomic mass is 10.1. The first-order valence-corrected chi connectivity index (χ1v) is 11.8. The fourth-order valence-electron chi connectivity index (χ4n) is 3.80. The van der Waals surface area contributed by atoms with Crippen molar-refractivity contribution in [1.82, 2.24) is 14.7 Å². The van der Waals surface area contributed by atoms with Gasteiger partial charge in [-0.25, -0.2) is 4.68 Å². The molecular weight excluding hydrogens is 414 g/mol. The molecule has 2 aromatic carbocycles. The first-order chi connectivity index (χ1) is 15.9. The Morgan fingerprint density at radius 1 is 1.06 bits per heavy atom. The lowest BCUT2D eigenvalue weighted by Crippen LogP contribution is -2.40. The Hall–Kier alpha value is -2.67. The SMILES string of the molecule is CCOCC(O)CN(Cc1c(C)nn(-c2ccccc2)c1Oc1cccc(C)c1)C(C)CC. The summed E-state index contributed by atoms with van der Waals surface area (Å²) in [6, 6.07) is 18.4. The molecule has 1 heterocycles. The fraction of sp³-hybridized carbons (Fsp3) is 0.444. The van der Waals surface area contributed by atoms with Crippen molar-refractivity contribution in [2.45, 2.75) is 59.7 Å². The summed E-state index contributed by atoms with van der Waals surface area (Å²) in [5.74, 6) is 1.48. The van der Waals surface area contributed by atoms with Gasteiger partial charge in [0, 0.05) is 25.7 Å². The molecule has 2 atom stereocenters. The highest BCUT2D eigenvalue weighted by atomic mass is 16.5. The first kappa shape index (κ1) is 25.0. The number of hydrogen-bond donors (Lipinski definition) is 1. The van der Waals surface area contributed by atoms with Gasteiger partial charge >= 0.3 is 0 Å². The van der Waals surface area contributed by atoms with Gasteiger partial charge in [0.25, 0.3) is 0 Å². The van der Waals surface area contributed by atoms with Crippen LogP contribution in [0.25, 0.3) is 5.69 Å². The van der Waals surface area contributed by atoms with Crippen LogP contribution in [0.4, 0.5) is 0 Å². The van der Waals surface area contributed by atoms with E-state index in [0.717, 1.165) is 34.7 Å². The Balaban J connectivity index is 1.99. The van der Waals surface area contributed by atoms with E-state index in [2.05, 4.69) is 31.7 Å². The van der Waals surface area contributed by atoms with Crippen LogP contribution >= 0.6 is 0 Å². The molecule has 0 radical (unpaired) electrons. The van der Waals surface area contributed by atoms with E-state index in [1.54, 1.807) is 0 Å². The maximum absolute atomic E-state index is 10.5. The molecule has 1 N–H and O–H groups in total. The quantitative estimate of drug-likeness (QED) is 0.406. The highest BCUT2D eigenvalue weighted by Crippen LogP contribution is 2.32. The van der Waals surface area contributed by atoms with Crippen molar-refractivity contribution in [3.63, 3.8) is 0 Å². The summed E-state index contributed by atoms with van der Waals surface area (Å²) < 4.78 is 13.8. The van der Waals surface area contributed by atoms with Crippen molar-refractivity contribution in [2.24, 2.45) is 0 Å². The van der Waals surface area contributed by atoms with Gasteiger partial charge in [0.15, 0.2) is 0 Å². The van der Waals surface area contributed by atoms with Gasteiger partial charge in [-0.05, 0) is 63.9 Å². The number of rotatable bonds is 12. The van der Waals surface area contributed by atoms with Crippen molar-refractivity contribution >= 4 is 0 Å². The minimum absolute atomic E-state index is 0.285. The molecule has 33 heavy (non-hydrogen) atoms. The van der Waals surface area contributed by atoms with Crippen LogP contribution in [0.5, 0.6) is 11.6 Å². The molecule has 0 amide bonds. The van der Waals surface area contributed by atoms with Crippen molar-refractivity contribution in [1.29, 1.82) is 0 Å². The van der Waals surface area contributed by atoms with Gasteiger partial charge in [0.05, 0.1) is 29.7 Å².